The number of nitrogens with one attached hydrogen (secondary N) is 1. The lowest BCUT2D eigenvalue weighted by atomic mass is 10.1. The molecule has 1 heterocycles. The third-order valence-electron chi connectivity index (χ3n) is 3.11. The molecule has 0 saturated heterocycles. The molecule has 1 atom stereocenters. The summed E-state index contributed by atoms with van der Waals surface area (Å²) in [6, 6.07) is 9.73. The van der Waals surface area contributed by atoms with Gasteiger partial charge in [0.2, 0.25) is 0 Å². The average molecular weight is 299 g/mol. The Bertz CT molecular complexity index is 641. The van der Waals surface area contributed by atoms with Crippen molar-refractivity contribution in [3.05, 3.63) is 59.9 Å². The van der Waals surface area contributed by atoms with Crippen LogP contribution in [0.1, 0.15) is 15.9 Å². The highest BCUT2D eigenvalue weighted by molar-refractivity contribution is 6.04. The number of esters is 1. The summed E-state index contributed by atoms with van der Waals surface area (Å²) in [5.41, 5.74) is 7.79. The predicted molar refractivity (Wildman–Crippen MR) is 82.3 cm³/mol. The lowest BCUT2D eigenvalue weighted by Gasteiger charge is -2.10. The number of aromatic nitrogens is 1. The Balaban J connectivity index is 1.97. The molecule has 6 nitrogen and oxygen atoms in total. The van der Waals surface area contributed by atoms with E-state index in [-0.39, 0.29) is 5.91 Å². The van der Waals surface area contributed by atoms with Crippen molar-refractivity contribution >= 4 is 17.6 Å². The van der Waals surface area contributed by atoms with Crippen LogP contribution in [0.25, 0.3) is 0 Å². The Morgan fingerprint density at radius 1 is 1.18 bits per heavy atom. The Kier molecular flexibility index (Phi) is 5.21. The topological polar surface area (TPSA) is 94.3 Å². The zero-order valence-corrected chi connectivity index (χ0v) is 12.2. The molecule has 0 unspecified atom stereocenters. The third kappa shape index (κ3) is 4.13. The van der Waals surface area contributed by atoms with Crippen molar-refractivity contribution in [1.29, 1.82) is 0 Å². The van der Waals surface area contributed by atoms with Gasteiger partial charge in [0.15, 0.2) is 0 Å². The van der Waals surface area contributed by atoms with Gasteiger partial charge in [-0.1, -0.05) is 12.1 Å². The SMILES string of the molecule is COC(=O)[C@@H](N)Cc1ccc(NC(=O)c2ccncc2)cc1. The van der Waals surface area contributed by atoms with Gasteiger partial charge in [0.1, 0.15) is 6.04 Å². The van der Waals surface area contributed by atoms with Gasteiger partial charge in [-0.25, -0.2) is 0 Å². The fourth-order valence-electron chi connectivity index (χ4n) is 1.92. The van der Waals surface area contributed by atoms with E-state index in [1.54, 1.807) is 36.7 Å². The van der Waals surface area contributed by atoms with E-state index in [2.05, 4.69) is 15.0 Å². The van der Waals surface area contributed by atoms with Crippen molar-refractivity contribution in [3.63, 3.8) is 0 Å². The molecular formula is C16H17N3O3. The first-order valence-corrected chi connectivity index (χ1v) is 6.74. The fourth-order valence-corrected chi connectivity index (χ4v) is 1.92. The Morgan fingerprint density at radius 3 is 2.41 bits per heavy atom. The largest absolute Gasteiger partial charge is 0.468 e. The molecule has 0 radical (unpaired) electrons. The molecule has 1 amide bonds. The number of ether oxygens (including phenoxy) is 1. The van der Waals surface area contributed by atoms with Crippen LogP contribution >= 0.6 is 0 Å². The molecule has 22 heavy (non-hydrogen) atoms. The number of hydrogen-bond donors (Lipinski definition) is 2. The molecule has 3 N–H and O–H groups in total. The zero-order chi connectivity index (χ0) is 15.9. The van der Waals surface area contributed by atoms with Gasteiger partial charge >= 0.3 is 5.97 Å². The van der Waals surface area contributed by atoms with Crippen LogP contribution in [-0.4, -0.2) is 30.0 Å². The normalized spacial score (nSPS) is 11.5. The highest BCUT2D eigenvalue weighted by Crippen LogP contribution is 2.12. The summed E-state index contributed by atoms with van der Waals surface area (Å²) in [5, 5.41) is 2.78. The number of carbonyl (C=O) groups is 2. The molecule has 0 aliphatic carbocycles. The first-order valence-electron chi connectivity index (χ1n) is 6.74. The summed E-state index contributed by atoms with van der Waals surface area (Å²) >= 11 is 0. The molecule has 2 rings (SSSR count). The monoisotopic (exact) mass is 299 g/mol. The number of nitrogens with two attached hydrogens (primary N) is 1. The van der Waals surface area contributed by atoms with Crippen LogP contribution in [-0.2, 0) is 16.0 Å². The molecule has 1 aromatic carbocycles. The molecule has 0 bridgehead atoms. The molecule has 6 heteroatoms. The third-order valence-corrected chi connectivity index (χ3v) is 3.11. The summed E-state index contributed by atoms with van der Waals surface area (Å²) in [5.74, 6) is -0.656. The average Bonchev–Trinajstić information content (AvgIpc) is 2.56. The van der Waals surface area contributed by atoms with Gasteiger partial charge in [-0.15, -0.1) is 0 Å². The minimum absolute atomic E-state index is 0.207. The van der Waals surface area contributed by atoms with Gasteiger partial charge in [0.05, 0.1) is 7.11 Å². The Labute approximate surface area is 128 Å². The maximum absolute atomic E-state index is 12.0. The number of rotatable bonds is 5. The van der Waals surface area contributed by atoms with Gasteiger partial charge in [0.25, 0.3) is 5.91 Å². The molecule has 0 saturated carbocycles. The summed E-state index contributed by atoms with van der Waals surface area (Å²) in [6.45, 7) is 0. The van der Waals surface area contributed by atoms with Crippen molar-refractivity contribution in [2.45, 2.75) is 12.5 Å². The van der Waals surface area contributed by atoms with Crippen molar-refractivity contribution < 1.29 is 14.3 Å². The number of anilines is 1. The van der Waals surface area contributed by atoms with Crippen molar-refractivity contribution in [1.82, 2.24) is 4.98 Å². The minimum atomic E-state index is -0.692. The van der Waals surface area contributed by atoms with Crippen LogP contribution in [0, 0.1) is 0 Å². The quantitative estimate of drug-likeness (QED) is 0.813. The number of pyridine rings is 1. The van der Waals surface area contributed by atoms with Crippen LogP contribution < -0.4 is 11.1 Å². The van der Waals surface area contributed by atoms with E-state index in [0.29, 0.717) is 17.7 Å². The fraction of sp³-hybridized carbons (Fsp3) is 0.188. The predicted octanol–water partition coefficient (Wildman–Crippen LogP) is 1.38. The van der Waals surface area contributed by atoms with Gasteiger partial charge in [-0.3, -0.25) is 14.6 Å². The van der Waals surface area contributed by atoms with E-state index in [4.69, 9.17) is 5.73 Å². The lowest BCUT2D eigenvalue weighted by molar-refractivity contribution is -0.142. The number of methoxy groups -OCH3 is 1. The van der Waals surface area contributed by atoms with Gasteiger partial charge in [0, 0.05) is 23.6 Å². The standard InChI is InChI=1S/C16H17N3O3/c1-22-16(21)14(17)10-11-2-4-13(5-3-11)19-15(20)12-6-8-18-9-7-12/h2-9,14H,10,17H2,1H3,(H,19,20)/t14-/m0/s1. The van der Waals surface area contributed by atoms with Crippen LogP contribution in [0.2, 0.25) is 0 Å². The molecule has 0 fully saturated rings. The maximum atomic E-state index is 12.0. The van der Waals surface area contributed by atoms with Crippen LogP contribution in [0.5, 0.6) is 0 Å². The Morgan fingerprint density at radius 2 is 1.82 bits per heavy atom. The van der Waals surface area contributed by atoms with E-state index in [9.17, 15) is 9.59 Å². The Hall–Kier alpha value is -2.73. The van der Waals surface area contributed by atoms with Crippen LogP contribution in [0.3, 0.4) is 0 Å². The zero-order valence-electron chi connectivity index (χ0n) is 12.2. The second kappa shape index (κ2) is 7.33. The van der Waals surface area contributed by atoms with E-state index >= 15 is 0 Å². The number of carbonyl (C=O) groups excluding carboxylic acids is 2. The lowest BCUT2D eigenvalue weighted by Crippen LogP contribution is -2.33. The van der Waals surface area contributed by atoms with Gasteiger partial charge in [-0.05, 0) is 36.2 Å². The number of amides is 1. The van der Waals surface area contributed by atoms with Gasteiger partial charge in [-0.2, -0.15) is 0 Å². The summed E-state index contributed by atoms with van der Waals surface area (Å²) in [4.78, 5) is 27.1. The highest BCUT2D eigenvalue weighted by Gasteiger charge is 2.14. The molecule has 1 aromatic heterocycles. The van der Waals surface area contributed by atoms with E-state index < -0.39 is 12.0 Å². The van der Waals surface area contributed by atoms with Crippen molar-refractivity contribution in [2.24, 2.45) is 5.73 Å². The minimum Gasteiger partial charge on any atom is -0.468 e. The molecule has 2 aromatic rings. The van der Waals surface area contributed by atoms with Gasteiger partial charge < -0.3 is 15.8 Å². The molecule has 114 valence electrons. The van der Waals surface area contributed by atoms with Crippen LogP contribution in [0.4, 0.5) is 5.69 Å². The van der Waals surface area contributed by atoms with E-state index in [1.165, 1.54) is 7.11 Å². The number of nitrogens with zero attached hydrogens (tertiary/aromatic N) is 1. The second-order valence-corrected chi connectivity index (χ2v) is 4.72. The maximum Gasteiger partial charge on any atom is 0.322 e. The first kappa shape index (κ1) is 15.7. The summed E-state index contributed by atoms with van der Waals surface area (Å²) in [6.07, 6.45) is 3.50. The first-order chi connectivity index (χ1) is 10.6. The van der Waals surface area contributed by atoms with Crippen LogP contribution in [0.15, 0.2) is 48.8 Å². The molecule has 0 aliphatic rings. The smallest absolute Gasteiger partial charge is 0.322 e. The van der Waals surface area contributed by atoms with E-state index in [1.807, 2.05) is 12.1 Å². The second-order valence-electron chi connectivity index (χ2n) is 4.72. The number of hydrogen-bond acceptors (Lipinski definition) is 5. The highest BCUT2D eigenvalue weighted by atomic mass is 16.5. The number of benzene rings is 1. The van der Waals surface area contributed by atoms with Crippen molar-refractivity contribution in [3.8, 4) is 0 Å². The summed E-state index contributed by atoms with van der Waals surface area (Å²) < 4.78 is 4.58. The molecule has 0 spiro atoms. The van der Waals surface area contributed by atoms with E-state index in [0.717, 1.165) is 5.56 Å². The van der Waals surface area contributed by atoms with Crippen molar-refractivity contribution in [2.75, 3.05) is 12.4 Å². The summed E-state index contributed by atoms with van der Waals surface area (Å²) in [7, 11) is 1.31. The molecule has 0 aliphatic heterocycles. The molecular weight excluding hydrogens is 282 g/mol.